The molecular weight excluding hydrogens is 452 g/mol. The lowest BCUT2D eigenvalue weighted by atomic mass is 10.1. The summed E-state index contributed by atoms with van der Waals surface area (Å²) in [6.07, 6.45) is 4.12. The highest BCUT2D eigenvalue weighted by Crippen LogP contribution is 2.25. The van der Waals surface area contributed by atoms with Crippen molar-refractivity contribution in [1.29, 1.82) is 0 Å². The van der Waals surface area contributed by atoms with Crippen molar-refractivity contribution in [3.8, 4) is 5.69 Å². The van der Waals surface area contributed by atoms with E-state index in [0.29, 0.717) is 5.69 Å². The molecule has 2 N–H and O–H groups in total. The fraction of sp³-hybridized carbons (Fsp3) is 0.111. The van der Waals surface area contributed by atoms with Crippen LogP contribution in [0.3, 0.4) is 0 Å². The van der Waals surface area contributed by atoms with Crippen LogP contribution >= 0.6 is 22.9 Å². The van der Waals surface area contributed by atoms with Crippen LogP contribution in [0, 0.1) is 0 Å². The van der Waals surface area contributed by atoms with Gasteiger partial charge in [-0.25, -0.2) is 13.1 Å². The normalized spacial score (nSPS) is 12.2. The summed E-state index contributed by atoms with van der Waals surface area (Å²) in [6, 6.07) is 7.64. The summed E-state index contributed by atoms with van der Waals surface area (Å²) < 4.78 is 27.8. The van der Waals surface area contributed by atoms with Crippen LogP contribution in [0.5, 0.6) is 0 Å². The van der Waals surface area contributed by atoms with Crippen molar-refractivity contribution in [3.63, 3.8) is 0 Å². The van der Waals surface area contributed by atoms with Crippen molar-refractivity contribution in [3.05, 3.63) is 75.2 Å². The van der Waals surface area contributed by atoms with Crippen LogP contribution < -0.4 is 15.6 Å². The van der Waals surface area contributed by atoms with Gasteiger partial charge in [0.05, 0.1) is 10.5 Å². The zero-order chi connectivity index (χ0) is 21.9. The molecule has 1 atom stereocenters. The Labute approximate surface area is 180 Å². The number of carbonyl (C=O) groups is 2. The van der Waals surface area contributed by atoms with E-state index in [-0.39, 0.29) is 19.7 Å². The summed E-state index contributed by atoms with van der Waals surface area (Å²) in [7, 11) is -4.08. The molecular formula is C18H15ClN4O5S2. The number of hydrogen-bond donors (Lipinski definition) is 2. The maximum absolute atomic E-state index is 12.4. The Morgan fingerprint density at radius 2 is 1.87 bits per heavy atom. The Bertz CT molecular complexity index is 1250. The average molecular weight is 467 g/mol. The number of halogens is 1. The first-order valence-corrected chi connectivity index (χ1v) is 11.1. The van der Waals surface area contributed by atoms with Crippen molar-refractivity contribution in [2.45, 2.75) is 17.2 Å². The van der Waals surface area contributed by atoms with Crippen LogP contribution in [0.25, 0.3) is 5.69 Å². The maximum atomic E-state index is 12.4. The summed E-state index contributed by atoms with van der Waals surface area (Å²) in [5.74, 6) is -1.48. The molecule has 30 heavy (non-hydrogen) atoms. The van der Waals surface area contributed by atoms with Gasteiger partial charge in [0, 0.05) is 23.6 Å². The Morgan fingerprint density at radius 1 is 1.17 bits per heavy atom. The van der Waals surface area contributed by atoms with E-state index >= 15 is 0 Å². The van der Waals surface area contributed by atoms with E-state index in [2.05, 4.69) is 10.3 Å². The summed E-state index contributed by atoms with van der Waals surface area (Å²) >= 11 is 6.53. The molecule has 2 aromatic heterocycles. The van der Waals surface area contributed by atoms with Gasteiger partial charge in [-0.15, -0.1) is 11.3 Å². The monoisotopic (exact) mass is 466 g/mol. The fourth-order valence-electron chi connectivity index (χ4n) is 2.39. The van der Waals surface area contributed by atoms with Crippen LogP contribution in [-0.4, -0.2) is 35.8 Å². The van der Waals surface area contributed by atoms with Crippen LogP contribution in [0.15, 0.2) is 64.0 Å². The van der Waals surface area contributed by atoms with E-state index < -0.39 is 27.9 Å². The Balaban J connectivity index is 1.66. The van der Waals surface area contributed by atoms with Crippen molar-refractivity contribution in [1.82, 2.24) is 19.6 Å². The largest absolute Gasteiger partial charge is 0.340 e. The summed E-state index contributed by atoms with van der Waals surface area (Å²) in [5, 5.41) is 2.43. The van der Waals surface area contributed by atoms with Crippen molar-refractivity contribution < 1.29 is 18.0 Å². The van der Waals surface area contributed by atoms with Crippen LogP contribution in [0.2, 0.25) is 4.34 Å². The van der Waals surface area contributed by atoms with Gasteiger partial charge < -0.3 is 5.32 Å². The number of carbonyl (C=O) groups excluding carboxylic acids is 2. The smallest absolute Gasteiger partial charge is 0.273 e. The first-order valence-electron chi connectivity index (χ1n) is 8.43. The van der Waals surface area contributed by atoms with Crippen molar-refractivity contribution in [2.24, 2.45) is 0 Å². The third kappa shape index (κ3) is 4.93. The number of rotatable bonds is 6. The van der Waals surface area contributed by atoms with Crippen molar-refractivity contribution in [2.75, 3.05) is 0 Å². The van der Waals surface area contributed by atoms with E-state index in [0.717, 1.165) is 11.3 Å². The lowest BCUT2D eigenvalue weighted by Crippen LogP contribution is -2.46. The highest BCUT2D eigenvalue weighted by atomic mass is 35.5. The van der Waals surface area contributed by atoms with Gasteiger partial charge in [-0.2, -0.15) is 0 Å². The van der Waals surface area contributed by atoms with Gasteiger partial charge in [-0.05, 0) is 43.3 Å². The van der Waals surface area contributed by atoms with E-state index in [1.165, 1.54) is 54.3 Å². The summed E-state index contributed by atoms with van der Waals surface area (Å²) in [5.41, 5.74) is 0.437. The molecule has 3 rings (SSSR count). The van der Waals surface area contributed by atoms with Gasteiger partial charge in [0.25, 0.3) is 27.4 Å². The number of sulfonamides is 1. The minimum absolute atomic E-state index is 0.110. The second-order valence-corrected chi connectivity index (χ2v) is 9.68. The molecule has 0 saturated carbocycles. The standard InChI is InChI=1S/C18H15ClN4O5S2/c1-11(17(25)22-30(27,28)16-7-6-14(19)29-16)21-18(26)12-2-4-13(5-3-12)23-9-8-20-10-15(23)24/h2-11H,1H3,(H,21,26)(H,22,25). The lowest BCUT2D eigenvalue weighted by Gasteiger charge is -2.14. The molecule has 0 spiro atoms. The second kappa shape index (κ2) is 8.78. The molecule has 2 heterocycles. The molecule has 156 valence electrons. The van der Waals surface area contributed by atoms with E-state index in [9.17, 15) is 22.8 Å². The summed E-state index contributed by atoms with van der Waals surface area (Å²) in [6.45, 7) is 1.36. The molecule has 2 amide bonds. The predicted molar refractivity (Wildman–Crippen MR) is 111 cm³/mol. The number of thiophene rings is 1. The fourth-order valence-corrected chi connectivity index (χ4v) is 4.93. The molecule has 0 aliphatic carbocycles. The highest BCUT2D eigenvalue weighted by molar-refractivity contribution is 7.92. The number of hydrogen-bond acceptors (Lipinski definition) is 7. The van der Waals surface area contributed by atoms with Gasteiger partial charge >= 0.3 is 0 Å². The Morgan fingerprint density at radius 3 is 2.47 bits per heavy atom. The topological polar surface area (TPSA) is 127 Å². The number of aromatic nitrogens is 2. The molecule has 0 fully saturated rings. The number of amides is 2. The Kier molecular flexibility index (Phi) is 6.34. The third-order valence-corrected chi connectivity index (χ3v) is 6.99. The average Bonchev–Trinajstić information content (AvgIpc) is 3.15. The first kappa shape index (κ1) is 21.7. The predicted octanol–water partition coefficient (Wildman–Crippen LogP) is 1.57. The van der Waals surface area contributed by atoms with E-state index in [4.69, 9.17) is 11.6 Å². The Hall–Kier alpha value is -3.02. The molecule has 12 heteroatoms. The zero-order valence-electron chi connectivity index (χ0n) is 15.4. The minimum Gasteiger partial charge on any atom is -0.340 e. The van der Waals surface area contributed by atoms with Crippen LogP contribution in [0.1, 0.15) is 17.3 Å². The summed E-state index contributed by atoms with van der Waals surface area (Å²) in [4.78, 5) is 40.1. The number of benzene rings is 1. The first-order chi connectivity index (χ1) is 14.2. The minimum atomic E-state index is -4.08. The lowest BCUT2D eigenvalue weighted by molar-refractivity contribution is -0.120. The second-order valence-electron chi connectivity index (χ2n) is 6.05. The molecule has 0 bridgehead atoms. The van der Waals surface area contributed by atoms with Gasteiger partial charge in [-0.1, -0.05) is 11.6 Å². The third-order valence-electron chi connectivity index (χ3n) is 3.92. The number of nitrogens with zero attached hydrogens (tertiary/aromatic N) is 2. The molecule has 0 saturated heterocycles. The van der Waals surface area contributed by atoms with Crippen molar-refractivity contribution >= 4 is 44.8 Å². The molecule has 0 aliphatic heterocycles. The highest BCUT2D eigenvalue weighted by Gasteiger charge is 2.24. The van der Waals surface area contributed by atoms with Gasteiger partial charge in [0.15, 0.2) is 0 Å². The van der Waals surface area contributed by atoms with E-state index in [1.54, 1.807) is 12.1 Å². The molecule has 9 nitrogen and oxygen atoms in total. The van der Waals surface area contributed by atoms with Gasteiger partial charge in [-0.3, -0.25) is 23.9 Å². The quantitative estimate of drug-likeness (QED) is 0.567. The SMILES string of the molecule is CC(NC(=O)c1ccc(-n2ccncc2=O)cc1)C(=O)NS(=O)(=O)c1ccc(Cl)s1. The molecule has 3 aromatic rings. The van der Waals surface area contributed by atoms with Crippen LogP contribution in [0.4, 0.5) is 0 Å². The molecule has 1 aromatic carbocycles. The van der Waals surface area contributed by atoms with Gasteiger partial charge in [0.1, 0.15) is 10.3 Å². The maximum Gasteiger partial charge on any atom is 0.273 e. The molecule has 0 radical (unpaired) electrons. The molecule has 0 aliphatic rings. The zero-order valence-corrected chi connectivity index (χ0v) is 17.8. The molecule has 1 unspecified atom stereocenters. The number of nitrogens with one attached hydrogen (secondary N) is 2. The van der Waals surface area contributed by atoms with Crippen LogP contribution in [-0.2, 0) is 14.8 Å². The van der Waals surface area contributed by atoms with E-state index in [1.807, 2.05) is 4.72 Å². The van der Waals surface area contributed by atoms with Gasteiger partial charge in [0.2, 0.25) is 0 Å².